The van der Waals surface area contributed by atoms with Gasteiger partial charge < -0.3 is 4.18 Å². The SMILES string of the molecule is CCCCCCCC/C=C\OS(=O)(=CS(=O)(=O)C(F)(F)F)C(F)(F)F. The maximum atomic E-state index is 12.7. The Balaban J connectivity index is 4.94. The minimum absolute atomic E-state index is 0.255. The summed E-state index contributed by atoms with van der Waals surface area (Å²) in [4.78, 5) is 0. The zero-order valence-corrected chi connectivity index (χ0v) is 15.0. The molecule has 0 heterocycles. The molecular weight excluding hydrogens is 398 g/mol. The minimum atomic E-state index is -6.38. The third-order valence-corrected chi connectivity index (χ3v) is 6.63. The van der Waals surface area contributed by atoms with E-state index in [9.17, 15) is 39.0 Å². The van der Waals surface area contributed by atoms with Crippen molar-refractivity contribution in [2.75, 3.05) is 0 Å². The van der Waals surface area contributed by atoms with Gasteiger partial charge in [0.15, 0.2) is 0 Å². The summed E-state index contributed by atoms with van der Waals surface area (Å²) in [6.07, 6.45) is 7.10. The van der Waals surface area contributed by atoms with E-state index in [1.54, 1.807) is 0 Å². The van der Waals surface area contributed by atoms with E-state index in [1.165, 1.54) is 0 Å². The van der Waals surface area contributed by atoms with E-state index < -0.39 is 35.4 Å². The highest BCUT2D eigenvalue weighted by Gasteiger charge is 2.51. The maximum absolute atomic E-state index is 12.7. The molecule has 1 unspecified atom stereocenters. The van der Waals surface area contributed by atoms with Crippen LogP contribution in [0.2, 0.25) is 0 Å². The molecule has 0 aliphatic heterocycles. The topological polar surface area (TPSA) is 60.4 Å². The highest BCUT2D eigenvalue weighted by atomic mass is 32.3. The number of alkyl halides is 6. The summed E-state index contributed by atoms with van der Waals surface area (Å²) in [5, 5.41) is 0. The van der Waals surface area contributed by atoms with Crippen LogP contribution in [0.4, 0.5) is 26.3 Å². The standard InChI is InChI=1S/C13H20F6O4S2/c1-2-3-4-5-6-7-8-9-10-23-25(22,13(17,18)19)11-24(20,21)12(14,15)16/h9-11H,2-8H2,1H3/b10-9-. The molecule has 0 fully saturated rings. The van der Waals surface area contributed by atoms with Gasteiger partial charge in [0.05, 0.1) is 6.26 Å². The van der Waals surface area contributed by atoms with Crippen LogP contribution < -0.4 is 0 Å². The summed E-state index contributed by atoms with van der Waals surface area (Å²) in [6.45, 7) is 2.04. The van der Waals surface area contributed by atoms with Gasteiger partial charge >= 0.3 is 11.0 Å². The second-order valence-corrected chi connectivity index (χ2v) is 9.17. The number of hydrogen-bond donors (Lipinski definition) is 0. The molecule has 0 aromatic carbocycles. The summed E-state index contributed by atoms with van der Waals surface area (Å²) in [7, 11) is -12.2. The second-order valence-electron chi connectivity index (χ2n) is 5.10. The van der Waals surface area contributed by atoms with Gasteiger partial charge in [-0.05, 0) is 18.9 Å². The first kappa shape index (κ1) is 24.1. The molecule has 1 atom stereocenters. The Morgan fingerprint density at radius 3 is 1.84 bits per heavy atom. The molecule has 0 amide bonds. The first-order chi connectivity index (χ1) is 11.3. The third-order valence-electron chi connectivity index (χ3n) is 2.92. The van der Waals surface area contributed by atoms with Crippen LogP contribution in [-0.2, 0) is 23.8 Å². The molecule has 0 radical (unpaired) electrons. The van der Waals surface area contributed by atoms with Crippen LogP contribution in [-0.4, -0.2) is 28.3 Å². The number of rotatable bonds is 10. The average molecular weight is 418 g/mol. The molecule has 0 aliphatic carbocycles. The van der Waals surface area contributed by atoms with Crippen molar-refractivity contribution in [2.24, 2.45) is 0 Å². The van der Waals surface area contributed by atoms with Crippen LogP contribution in [0.25, 0.3) is 0 Å². The Hall–Kier alpha value is -0.910. The molecule has 0 rings (SSSR count). The smallest absolute Gasteiger partial charge is 0.410 e. The molecule has 12 heteroatoms. The fourth-order valence-electron chi connectivity index (χ4n) is 1.59. The summed E-state index contributed by atoms with van der Waals surface area (Å²) in [5.74, 6) is 0. The van der Waals surface area contributed by atoms with E-state index in [0.29, 0.717) is 12.7 Å². The molecule has 0 aromatic rings. The predicted molar refractivity (Wildman–Crippen MR) is 83.5 cm³/mol. The quantitative estimate of drug-likeness (QED) is 0.224. The van der Waals surface area contributed by atoms with Gasteiger partial charge in [-0.15, -0.1) is 0 Å². The highest BCUT2D eigenvalue weighted by molar-refractivity contribution is 8.20. The minimum Gasteiger partial charge on any atom is -0.410 e. The highest BCUT2D eigenvalue weighted by Crippen LogP contribution is 2.30. The molecule has 0 spiro atoms. The molecule has 0 saturated carbocycles. The number of halogens is 6. The van der Waals surface area contributed by atoms with Crippen molar-refractivity contribution in [1.82, 2.24) is 0 Å². The third kappa shape index (κ3) is 8.34. The van der Waals surface area contributed by atoms with E-state index in [2.05, 4.69) is 4.18 Å². The van der Waals surface area contributed by atoms with Crippen LogP contribution >= 0.6 is 0 Å². The molecule has 25 heavy (non-hydrogen) atoms. The van der Waals surface area contributed by atoms with Crippen molar-refractivity contribution >= 4 is 24.3 Å². The predicted octanol–water partition coefficient (Wildman–Crippen LogP) is 4.68. The second kappa shape index (κ2) is 9.70. The lowest BCUT2D eigenvalue weighted by Crippen LogP contribution is -2.33. The Morgan fingerprint density at radius 2 is 1.36 bits per heavy atom. The molecule has 4 nitrogen and oxygen atoms in total. The van der Waals surface area contributed by atoms with E-state index in [1.807, 2.05) is 6.92 Å². The lowest BCUT2D eigenvalue weighted by atomic mass is 10.1. The van der Waals surface area contributed by atoms with Crippen LogP contribution in [0.15, 0.2) is 12.3 Å². The summed E-state index contributed by atoms with van der Waals surface area (Å²) in [6, 6.07) is 0. The monoisotopic (exact) mass is 418 g/mol. The van der Waals surface area contributed by atoms with Crippen molar-refractivity contribution in [3.05, 3.63) is 12.3 Å². The van der Waals surface area contributed by atoms with E-state index >= 15 is 0 Å². The number of hydrogen-bond acceptors (Lipinski definition) is 4. The summed E-state index contributed by atoms with van der Waals surface area (Å²) in [5.41, 5.74) is -11.8. The molecule has 0 aromatic heterocycles. The molecule has 0 saturated heterocycles. The van der Waals surface area contributed by atoms with Crippen molar-refractivity contribution < 1.29 is 43.2 Å². The molecule has 0 bridgehead atoms. The Bertz CT molecular complexity index is 640. The van der Waals surface area contributed by atoms with Crippen molar-refractivity contribution in [3.63, 3.8) is 0 Å². The summed E-state index contributed by atoms with van der Waals surface area (Å²) >= 11 is 0. The van der Waals surface area contributed by atoms with Gasteiger partial charge in [-0.2, -0.15) is 26.3 Å². The maximum Gasteiger partial charge on any atom is 0.502 e. The van der Waals surface area contributed by atoms with Gasteiger partial charge in [0.1, 0.15) is 4.70 Å². The number of allylic oxidation sites excluding steroid dienone is 1. The first-order valence-electron chi connectivity index (χ1n) is 7.36. The van der Waals surface area contributed by atoms with Crippen LogP contribution in [0.1, 0.15) is 51.9 Å². The van der Waals surface area contributed by atoms with Gasteiger partial charge in [-0.3, -0.25) is 0 Å². The van der Waals surface area contributed by atoms with E-state index in [-0.39, 0.29) is 6.42 Å². The van der Waals surface area contributed by atoms with Gasteiger partial charge in [0, 0.05) is 0 Å². The Labute approximate surface area is 143 Å². The fraction of sp³-hybridized carbons (Fsp3) is 0.769. The van der Waals surface area contributed by atoms with Gasteiger partial charge in [-0.1, -0.05) is 39.0 Å². The zero-order valence-electron chi connectivity index (χ0n) is 13.4. The van der Waals surface area contributed by atoms with E-state index in [4.69, 9.17) is 0 Å². The molecule has 150 valence electrons. The van der Waals surface area contributed by atoms with Crippen molar-refractivity contribution in [1.29, 1.82) is 0 Å². The average Bonchev–Trinajstić information content (AvgIpc) is 2.42. The van der Waals surface area contributed by atoms with E-state index in [0.717, 1.165) is 38.2 Å². The largest absolute Gasteiger partial charge is 0.502 e. The normalized spacial score (nSPS) is 16.0. The van der Waals surface area contributed by atoms with Crippen LogP contribution in [0.3, 0.4) is 0 Å². The zero-order chi connectivity index (χ0) is 19.8. The lowest BCUT2D eigenvalue weighted by Gasteiger charge is -2.14. The van der Waals surface area contributed by atoms with Crippen LogP contribution in [0.5, 0.6) is 0 Å². The van der Waals surface area contributed by atoms with Crippen molar-refractivity contribution in [2.45, 2.75) is 62.9 Å². The Kier molecular flexibility index (Phi) is 9.34. The molecule has 0 aliphatic rings. The van der Waals surface area contributed by atoms with Gasteiger partial charge in [0.25, 0.3) is 9.84 Å². The molecule has 0 N–H and O–H groups in total. The van der Waals surface area contributed by atoms with Gasteiger partial charge in [-0.25, -0.2) is 12.6 Å². The van der Waals surface area contributed by atoms with Crippen molar-refractivity contribution in [3.8, 4) is 0 Å². The number of sulfone groups is 1. The fourth-order valence-corrected chi connectivity index (χ4v) is 4.33. The first-order valence-corrected chi connectivity index (χ1v) is 10.5. The summed E-state index contributed by atoms with van der Waals surface area (Å²) < 4.78 is 110. The Morgan fingerprint density at radius 1 is 0.840 bits per heavy atom. The van der Waals surface area contributed by atoms with Gasteiger partial charge in [0.2, 0.25) is 9.80 Å². The van der Waals surface area contributed by atoms with Crippen LogP contribution in [0, 0.1) is 0 Å². The lowest BCUT2D eigenvalue weighted by molar-refractivity contribution is -0.0461. The molecular formula is C13H20F6O4S2. The number of unbranched alkanes of at least 4 members (excludes halogenated alkanes) is 6.